The van der Waals surface area contributed by atoms with Crippen molar-refractivity contribution in [2.75, 3.05) is 6.54 Å². The van der Waals surface area contributed by atoms with E-state index in [9.17, 15) is 0 Å². The Morgan fingerprint density at radius 1 is 1.25 bits per heavy atom. The molecule has 2 aliphatic heterocycles. The van der Waals surface area contributed by atoms with Crippen LogP contribution in [0.3, 0.4) is 0 Å². The Kier molecular flexibility index (Phi) is 4.51. The molecule has 20 heavy (non-hydrogen) atoms. The van der Waals surface area contributed by atoms with Crippen LogP contribution in [-0.4, -0.2) is 34.6 Å². The molecule has 110 valence electrons. The zero-order valence-corrected chi connectivity index (χ0v) is 13.3. The van der Waals surface area contributed by atoms with Gasteiger partial charge in [0.25, 0.3) is 0 Å². The lowest BCUT2D eigenvalue weighted by molar-refractivity contribution is 0.139. The number of pyridine rings is 1. The molecule has 2 unspecified atom stereocenters. The highest BCUT2D eigenvalue weighted by Crippen LogP contribution is 2.31. The Bertz CT molecular complexity index is 468. The van der Waals surface area contributed by atoms with Crippen molar-refractivity contribution in [3.8, 4) is 0 Å². The molecular weight excluding hydrogens is 293 g/mol. The number of halogens is 2. The molecule has 2 atom stereocenters. The molecule has 2 bridgehead atoms. The fraction of sp³-hybridized carbons (Fsp3) is 0.667. The molecule has 1 aromatic heterocycles. The zero-order chi connectivity index (χ0) is 14.1. The number of aromatic nitrogens is 1. The molecule has 0 aliphatic carbocycles. The summed E-state index contributed by atoms with van der Waals surface area (Å²) in [5.41, 5.74) is 0.895. The summed E-state index contributed by atoms with van der Waals surface area (Å²) in [4.78, 5) is 6.88. The average molecular weight is 314 g/mol. The second-order valence-corrected chi connectivity index (χ2v) is 6.68. The van der Waals surface area contributed by atoms with E-state index in [4.69, 9.17) is 23.2 Å². The van der Waals surface area contributed by atoms with Gasteiger partial charge in [-0.1, -0.05) is 30.1 Å². The minimum absolute atomic E-state index is 0.519. The van der Waals surface area contributed by atoms with Crippen LogP contribution in [0.15, 0.2) is 12.1 Å². The van der Waals surface area contributed by atoms with Crippen LogP contribution in [-0.2, 0) is 6.54 Å². The third-order valence-electron chi connectivity index (χ3n) is 4.61. The third kappa shape index (κ3) is 3.11. The quantitative estimate of drug-likeness (QED) is 0.862. The Hall–Kier alpha value is -0.350. The third-order valence-corrected chi connectivity index (χ3v) is 5.16. The highest BCUT2D eigenvalue weighted by atomic mass is 35.5. The van der Waals surface area contributed by atoms with Gasteiger partial charge in [0.2, 0.25) is 0 Å². The predicted molar refractivity (Wildman–Crippen MR) is 83.3 cm³/mol. The molecule has 0 amide bonds. The molecule has 1 N–H and O–H groups in total. The Labute approximate surface area is 130 Å². The van der Waals surface area contributed by atoms with Crippen LogP contribution >= 0.6 is 23.2 Å². The van der Waals surface area contributed by atoms with Gasteiger partial charge in [0, 0.05) is 24.7 Å². The van der Waals surface area contributed by atoms with Gasteiger partial charge in [0.05, 0.1) is 10.7 Å². The van der Waals surface area contributed by atoms with E-state index >= 15 is 0 Å². The van der Waals surface area contributed by atoms with Gasteiger partial charge in [0.1, 0.15) is 5.15 Å². The number of piperidine rings is 1. The van der Waals surface area contributed by atoms with E-state index in [0.717, 1.165) is 18.8 Å². The van der Waals surface area contributed by atoms with Crippen molar-refractivity contribution in [1.29, 1.82) is 0 Å². The van der Waals surface area contributed by atoms with Crippen LogP contribution < -0.4 is 5.32 Å². The molecule has 2 saturated heterocycles. The number of hydrogen-bond donors (Lipinski definition) is 1. The second kappa shape index (κ2) is 6.18. The summed E-state index contributed by atoms with van der Waals surface area (Å²) in [7, 11) is 0. The van der Waals surface area contributed by atoms with Crippen LogP contribution in [0.2, 0.25) is 10.2 Å². The summed E-state index contributed by atoms with van der Waals surface area (Å²) in [6, 6.07) is 5.63. The first-order chi connectivity index (χ1) is 9.65. The SMILES string of the molecule is CCN(Cc1nc(Cl)ccc1Cl)C1CC2CCC(C1)N2. The highest BCUT2D eigenvalue weighted by molar-refractivity contribution is 6.32. The minimum Gasteiger partial charge on any atom is -0.311 e. The first-order valence-corrected chi connectivity index (χ1v) is 8.22. The number of rotatable bonds is 4. The zero-order valence-electron chi connectivity index (χ0n) is 11.8. The monoisotopic (exact) mass is 313 g/mol. The summed E-state index contributed by atoms with van der Waals surface area (Å²) in [5, 5.41) is 4.93. The summed E-state index contributed by atoms with van der Waals surface area (Å²) in [6.45, 7) is 4.02. The molecule has 0 aromatic carbocycles. The molecule has 2 fully saturated rings. The van der Waals surface area contributed by atoms with Gasteiger partial charge >= 0.3 is 0 Å². The maximum Gasteiger partial charge on any atom is 0.129 e. The van der Waals surface area contributed by atoms with E-state index in [1.807, 2.05) is 6.07 Å². The van der Waals surface area contributed by atoms with Crippen molar-refractivity contribution in [3.05, 3.63) is 28.0 Å². The van der Waals surface area contributed by atoms with Crippen molar-refractivity contribution in [3.63, 3.8) is 0 Å². The predicted octanol–water partition coefficient (Wildman–Crippen LogP) is 3.49. The van der Waals surface area contributed by atoms with Crippen molar-refractivity contribution in [1.82, 2.24) is 15.2 Å². The number of hydrogen-bond acceptors (Lipinski definition) is 3. The second-order valence-electron chi connectivity index (χ2n) is 5.89. The molecule has 3 heterocycles. The average Bonchev–Trinajstić information content (AvgIpc) is 2.78. The lowest BCUT2D eigenvalue weighted by Gasteiger charge is -2.37. The maximum atomic E-state index is 6.25. The highest BCUT2D eigenvalue weighted by Gasteiger charge is 2.35. The Morgan fingerprint density at radius 3 is 2.60 bits per heavy atom. The van der Waals surface area contributed by atoms with Crippen LogP contribution in [0.1, 0.15) is 38.3 Å². The van der Waals surface area contributed by atoms with E-state index in [-0.39, 0.29) is 0 Å². The fourth-order valence-electron chi connectivity index (χ4n) is 3.59. The molecule has 1 aromatic rings. The topological polar surface area (TPSA) is 28.2 Å². The van der Waals surface area contributed by atoms with Gasteiger partial charge in [-0.05, 0) is 44.4 Å². The molecule has 0 radical (unpaired) electrons. The van der Waals surface area contributed by atoms with Crippen molar-refractivity contribution in [2.45, 2.75) is 57.3 Å². The van der Waals surface area contributed by atoms with E-state index in [2.05, 4.69) is 22.1 Å². The van der Waals surface area contributed by atoms with Crippen LogP contribution in [0.25, 0.3) is 0 Å². The minimum atomic E-state index is 0.519. The van der Waals surface area contributed by atoms with Gasteiger partial charge in [0.15, 0.2) is 0 Å². The molecule has 0 saturated carbocycles. The van der Waals surface area contributed by atoms with Gasteiger partial charge in [-0.25, -0.2) is 4.98 Å². The number of fused-ring (bicyclic) bond motifs is 2. The number of nitrogens with zero attached hydrogens (tertiary/aromatic N) is 2. The first-order valence-electron chi connectivity index (χ1n) is 7.46. The lowest BCUT2D eigenvalue weighted by Crippen LogP contribution is -2.48. The van der Waals surface area contributed by atoms with E-state index in [0.29, 0.717) is 28.3 Å². The maximum absolute atomic E-state index is 6.25. The first kappa shape index (κ1) is 14.6. The largest absolute Gasteiger partial charge is 0.311 e. The molecule has 5 heteroatoms. The lowest BCUT2D eigenvalue weighted by atomic mass is 9.98. The van der Waals surface area contributed by atoms with Gasteiger partial charge in [-0.3, -0.25) is 4.90 Å². The summed E-state index contributed by atoms with van der Waals surface area (Å²) in [5.74, 6) is 0. The molecule has 3 rings (SSSR count). The Balaban J connectivity index is 1.72. The molecular formula is C15H21Cl2N3. The van der Waals surface area contributed by atoms with Gasteiger partial charge in [-0.2, -0.15) is 0 Å². The van der Waals surface area contributed by atoms with E-state index < -0.39 is 0 Å². The smallest absolute Gasteiger partial charge is 0.129 e. The standard InChI is InChI=1S/C15H21Cl2N3/c1-2-20(9-14-13(16)5-6-15(17)19-14)12-7-10-3-4-11(8-12)18-10/h5-6,10-12,18H,2-4,7-9H2,1H3. The van der Waals surface area contributed by atoms with Crippen LogP contribution in [0.4, 0.5) is 0 Å². The summed E-state index contributed by atoms with van der Waals surface area (Å²) < 4.78 is 0. The fourth-order valence-corrected chi connectivity index (χ4v) is 3.92. The van der Waals surface area contributed by atoms with E-state index in [1.165, 1.54) is 25.7 Å². The number of nitrogens with one attached hydrogen (secondary N) is 1. The van der Waals surface area contributed by atoms with E-state index in [1.54, 1.807) is 6.07 Å². The molecule has 3 nitrogen and oxygen atoms in total. The van der Waals surface area contributed by atoms with Crippen molar-refractivity contribution < 1.29 is 0 Å². The normalized spacial score (nSPS) is 29.1. The van der Waals surface area contributed by atoms with Gasteiger partial charge < -0.3 is 5.32 Å². The Morgan fingerprint density at radius 2 is 1.95 bits per heavy atom. The molecule has 2 aliphatic rings. The van der Waals surface area contributed by atoms with Crippen LogP contribution in [0, 0.1) is 0 Å². The van der Waals surface area contributed by atoms with Crippen LogP contribution in [0.5, 0.6) is 0 Å². The van der Waals surface area contributed by atoms with Gasteiger partial charge in [-0.15, -0.1) is 0 Å². The molecule has 0 spiro atoms. The van der Waals surface area contributed by atoms with Crippen molar-refractivity contribution in [2.24, 2.45) is 0 Å². The van der Waals surface area contributed by atoms with Crippen molar-refractivity contribution >= 4 is 23.2 Å². The summed E-state index contributed by atoms with van der Waals surface area (Å²) >= 11 is 12.2. The summed E-state index contributed by atoms with van der Waals surface area (Å²) in [6.07, 6.45) is 5.13.